The number of hydrogen-bond acceptors (Lipinski definition) is 4. The molecule has 2 rings (SSSR count). The van der Waals surface area contributed by atoms with Crippen LogP contribution in [0.3, 0.4) is 0 Å². The van der Waals surface area contributed by atoms with Gasteiger partial charge in [-0.05, 0) is 18.1 Å². The Morgan fingerprint density at radius 3 is 2.91 bits per heavy atom. The molecule has 0 aromatic heterocycles. The van der Waals surface area contributed by atoms with Crippen LogP contribution in [0.2, 0.25) is 0 Å². The van der Waals surface area contributed by atoms with E-state index in [9.17, 15) is 4.79 Å². The van der Waals surface area contributed by atoms with Gasteiger partial charge in [-0.2, -0.15) is 0 Å². The minimum absolute atomic E-state index is 0.0680. The Kier molecular flexibility index (Phi) is 7.22. The molecule has 1 amide bonds. The molecule has 4 nitrogen and oxygen atoms in total. The lowest BCUT2D eigenvalue weighted by Gasteiger charge is -2.33. The van der Waals surface area contributed by atoms with Gasteiger partial charge in [0.05, 0.1) is 18.5 Å². The molecule has 0 radical (unpaired) electrons. The summed E-state index contributed by atoms with van der Waals surface area (Å²) < 4.78 is 5.74. The normalized spacial score (nSPS) is 19.3. The van der Waals surface area contributed by atoms with Gasteiger partial charge in [-0.1, -0.05) is 32.0 Å². The highest BCUT2D eigenvalue weighted by atomic mass is 32.2. The Hall–Kier alpha value is -1.04. The molecular formula is C17H26N2O2S. The summed E-state index contributed by atoms with van der Waals surface area (Å²) >= 11 is 1.56. The molecule has 1 saturated heterocycles. The van der Waals surface area contributed by atoms with E-state index >= 15 is 0 Å². The summed E-state index contributed by atoms with van der Waals surface area (Å²) in [7, 11) is 0. The SMILES string of the molecule is CC(C)CN1CCOC(CNC(=O)CSc2ccccc2)C1. The Labute approximate surface area is 137 Å². The second-order valence-corrected chi connectivity index (χ2v) is 7.10. The lowest BCUT2D eigenvalue weighted by Crippen LogP contribution is -2.48. The van der Waals surface area contributed by atoms with E-state index in [4.69, 9.17) is 4.74 Å². The summed E-state index contributed by atoms with van der Waals surface area (Å²) in [5.74, 6) is 1.18. The van der Waals surface area contributed by atoms with Crippen LogP contribution in [0.15, 0.2) is 35.2 Å². The van der Waals surface area contributed by atoms with Gasteiger partial charge < -0.3 is 10.1 Å². The first-order chi connectivity index (χ1) is 10.6. The van der Waals surface area contributed by atoms with Gasteiger partial charge in [-0.15, -0.1) is 11.8 Å². The maximum atomic E-state index is 11.9. The van der Waals surface area contributed by atoms with Gasteiger partial charge in [-0.25, -0.2) is 0 Å². The van der Waals surface area contributed by atoms with Crippen LogP contribution in [0.1, 0.15) is 13.8 Å². The number of hydrogen-bond donors (Lipinski definition) is 1. The molecule has 0 bridgehead atoms. The van der Waals surface area contributed by atoms with E-state index in [1.807, 2.05) is 30.3 Å². The minimum atomic E-state index is 0.0680. The Balaban J connectivity index is 1.65. The number of thioether (sulfide) groups is 1. The zero-order valence-corrected chi connectivity index (χ0v) is 14.3. The van der Waals surface area contributed by atoms with E-state index in [0.717, 1.165) is 31.1 Å². The Bertz CT molecular complexity index is 453. The van der Waals surface area contributed by atoms with Crippen molar-refractivity contribution < 1.29 is 9.53 Å². The zero-order chi connectivity index (χ0) is 15.8. The number of amides is 1. The maximum absolute atomic E-state index is 11.9. The highest BCUT2D eigenvalue weighted by Crippen LogP contribution is 2.16. The van der Waals surface area contributed by atoms with E-state index in [0.29, 0.717) is 18.2 Å². The number of carbonyl (C=O) groups is 1. The molecule has 1 unspecified atom stereocenters. The largest absolute Gasteiger partial charge is 0.374 e. The summed E-state index contributed by atoms with van der Waals surface area (Å²) in [5, 5.41) is 2.99. The fraction of sp³-hybridized carbons (Fsp3) is 0.588. The Morgan fingerprint density at radius 1 is 1.41 bits per heavy atom. The first-order valence-electron chi connectivity index (χ1n) is 7.92. The predicted molar refractivity (Wildman–Crippen MR) is 91.2 cm³/mol. The lowest BCUT2D eigenvalue weighted by molar-refractivity contribution is -0.119. The van der Waals surface area contributed by atoms with Gasteiger partial charge in [0.1, 0.15) is 0 Å². The molecule has 0 spiro atoms. The predicted octanol–water partition coefficient (Wildman–Crippen LogP) is 2.25. The molecule has 22 heavy (non-hydrogen) atoms. The Morgan fingerprint density at radius 2 is 2.18 bits per heavy atom. The topological polar surface area (TPSA) is 41.6 Å². The summed E-state index contributed by atoms with van der Waals surface area (Å²) in [4.78, 5) is 15.5. The van der Waals surface area contributed by atoms with Crippen LogP contribution >= 0.6 is 11.8 Å². The van der Waals surface area contributed by atoms with Crippen molar-refractivity contribution in [3.8, 4) is 0 Å². The first kappa shape index (κ1) is 17.3. The highest BCUT2D eigenvalue weighted by molar-refractivity contribution is 8.00. The first-order valence-corrected chi connectivity index (χ1v) is 8.90. The molecule has 0 aliphatic carbocycles. The molecule has 1 N–H and O–H groups in total. The third-order valence-electron chi connectivity index (χ3n) is 3.49. The second kappa shape index (κ2) is 9.18. The molecule has 1 aromatic carbocycles. The number of carbonyl (C=O) groups excluding carboxylic acids is 1. The van der Waals surface area contributed by atoms with Crippen LogP contribution in [0.25, 0.3) is 0 Å². The molecule has 1 aromatic rings. The van der Waals surface area contributed by atoms with Crippen LogP contribution in [0.5, 0.6) is 0 Å². The molecule has 1 heterocycles. The van der Waals surface area contributed by atoms with E-state index in [1.165, 1.54) is 0 Å². The molecule has 1 aliphatic heterocycles. The van der Waals surface area contributed by atoms with E-state index < -0.39 is 0 Å². The van der Waals surface area contributed by atoms with Gasteiger partial charge in [0.15, 0.2) is 0 Å². The van der Waals surface area contributed by atoms with Gasteiger partial charge in [0.2, 0.25) is 5.91 Å². The van der Waals surface area contributed by atoms with Crippen LogP contribution in [0.4, 0.5) is 0 Å². The van der Waals surface area contributed by atoms with Crippen molar-refractivity contribution in [1.82, 2.24) is 10.2 Å². The van der Waals surface area contributed by atoms with Crippen molar-refractivity contribution in [2.45, 2.75) is 24.8 Å². The quantitative estimate of drug-likeness (QED) is 0.782. The number of nitrogens with zero attached hydrogens (tertiary/aromatic N) is 1. The number of morpholine rings is 1. The zero-order valence-electron chi connectivity index (χ0n) is 13.5. The van der Waals surface area contributed by atoms with E-state index in [-0.39, 0.29) is 12.0 Å². The van der Waals surface area contributed by atoms with Gasteiger partial charge >= 0.3 is 0 Å². The fourth-order valence-corrected chi connectivity index (χ4v) is 3.28. The highest BCUT2D eigenvalue weighted by Gasteiger charge is 2.21. The number of nitrogens with one attached hydrogen (secondary N) is 1. The van der Waals surface area contributed by atoms with Crippen molar-refractivity contribution >= 4 is 17.7 Å². The number of rotatable bonds is 7. The number of benzene rings is 1. The van der Waals surface area contributed by atoms with Crippen LogP contribution in [-0.2, 0) is 9.53 Å². The van der Waals surface area contributed by atoms with Crippen LogP contribution < -0.4 is 5.32 Å². The summed E-state index contributed by atoms with van der Waals surface area (Å²) in [6, 6.07) is 9.99. The molecule has 1 fully saturated rings. The summed E-state index contributed by atoms with van der Waals surface area (Å²) in [6.45, 7) is 8.81. The van der Waals surface area contributed by atoms with Gasteiger partial charge in [0.25, 0.3) is 0 Å². The average molecular weight is 322 g/mol. The average Bonchev–Trinajstić information content (AvgIpc) is 2.52. The van der Waals surface area contributed by atoms with Gasteiger partial charge in [-0.3, -0.25) is 9.69 Å². The molecule has 5 heteroatoms. The lowest BCUT2D eigenvalue weighted by atomic mass is 10.2. The molecule has 1 aliphatic rings. The summed E-state index contributed by atoms with van der Waals surface area (Å²) in [6.07, 6.45) is 0.109. The van der Waals surface area contributed by atoms with E-state index in [2.05, 4.69) is 24.1 Å². The standard InChI is InChI=1S/C17H26N2O2S/c1-14(2)11-19-8-9-21-15(12-19)10-18-17(20)13-22-16-6-4-3-5-7-16/h3-7,14-15H,8-13H2,1-2H3,(H,18,20). The fourth-order valence-electron chi connectivity index (χ4n) is 2.53. The minimum Gasteiger partial charge on any atom is -0.374 e. The monoisotopic (exact) mass is 322 g/mol. The third-order valence-corrected chi connectivity index (χ3v) is 4.50. The molecule has 0 saturated carbocycles. The third kappa shape index (κ3) is 6.38. The van der Waals surface area contributed by atoms with Gasteiger partial charge in [0, 0.05) is 31.1 Å². The maximum Gasteiger partial charge on any atom is 0.230 e. The van der Waals surface area contributed by atoms with Crippen molar-refractivity contribution in [1.29, 1.82) is 0 Å². The van der Waals surface area contributed by atoms with E-state index in [1.54, 1.807) is 11.8 Å². The molecule has 122 valence electrons. The second-order valence-electron chi connectivity index (χ2n) is 6.05. The van der Waals surface area contributed by atoms with Crippen molar-refractivity contribution in [3.05, 3.63) is 30.3 Å². The smallest absolute Gasteiger partial charge is 0.230 e. The van der Waals surface area contributed by atoms with Crippen LogP contribution in [-0.4, -0.2) is 55.4 Å². The number of ether oxygens (including phenoxy) is 1. The molecular weight excluding hydrogens is 296 g/mol. The van der Waals surface area contributed by atoms with Crippen molar-refractivity contribution in [3.63, 3.8) is 0 Å². The van der Waals surface area contributed by atoms with Crippen molar-refractivity contribution in [2.75, 3.05) is 38.5 Å². The summed E-state index contributed by atoms with van der Waals surface area (Å²) in [5.41, 5.74) is 0. The van der Waals surface area contributed by atoms with Crippen LogP contribution in [0, 0.1) is 5.92 Å². The molecule has 1 atom stereocenters. The van der Waals surface area contributed by atoms with Crippen molar-refractivity contribution in [2.24, 2.45) is 5.92 Å².